The monoisotopic (exact) mass is 469 g/mol. The Labute approximate surface area is 201 Å². The average molecular weight is 470 g/mol. The smallest absolute Gasteiger partial charge is 0.259 e. The standard InChI is InChI=1S/C26H23N5O2S/c1-16-7-9-18(10-8-16)29-25-21(26(32)31-11-13-33-14-12-31)22-23(34-25)20(17-5-3-2-4-6-17)19(15-27)24(28)30-22/h2-10,29H,11-14H2,1H3,(H2,28,30). The summed E-state index contributed by atoms with van der Waals surface area (Å²) in [6.45, 7) is 4.05. The van der Waals surface area contributed by atoms with E-state index in [1.807, 2.05) is 61.5 Å². The summed E-state index contributed by atoms with van der Waals surface area (Å²) in [5.74, 6) is -0.00986. The molecule has 1 saturated heterocycles. The van der Waals surface area contributed by atoms with E-state index in [1.165, 1.54) is 11.3 Å². The summed E-state index contributed by atoms with van der Waals surface area (Å²) in [6, 6.07) is 19.8. The predicted molar refractivity (Wildman–Crippen MR) is 135 cm³/mol. The highest BCUT2D eigenvalue weighted by molar-refractivity contribution is 7.24. The van der Waals surface area contributed by atoms with Gasteiger partial charge in [-0.25, -0.2) is 4.98 Å². The number of nitrogens with one attached hydrogen (secondary N) is 1. The van der Waals surface area contributed by atoms with Crippen molar-refractivity contribution in [1.82, 2.24) is 9.88 Å². The highest BCUT2D eigenvalue weighted by Crippen LogP contribution is 2.44. The lowest BCUT2D eigenvalue weighted by Crippen LogP contribution is -2.40. The maximum atomic E-state index is 13.7. The van der Waals surface area contributed by atoms with Gasteiger partial charge in [0.2, 0.25) is 0 Å². The third kappa shape index (κ3) is 3.96. The van der Waals surface area contributed by atoms with Crippen LogP contribution in [0, 0.1) is 18.3 Å². The van der Waals surface area contributed by atoms with Gasteiger partial charge < -0.3 is 20.7 Å². The number of aryl methyl sites for hydroxylation is 1. The van der Waals surface area contributed by atoms with E-state index in [4.69, 9.17) is 10.5 Å². The van der Waals surface area contributed by atoms with Gasteiger partial charge in [0, 0.05) is 24.3 Å². The Morgan fingerprint density at radius 1 is 1.15 bits per heavy atom. The van der Waals surface area contributed by atoms with Gasteiger partial charge in [-0.3, -0.25) is 4.79 Å². The van der Waals surface area contributed by atoms with Crippen molar-refractivity contribution in [3.8, 4) is 17.2 Å². The number of nitrogens with zero attached hydrogens (tertiary/aromatic N) is 3. The molecule has 34 heavy (non-hydrogen) atoms. The molecule has 3 heterocycles. The maximum absolute atomic E-state index is 13.7. The number of ether oxygens (including phenoxy) is 1. The number of morpholine rings is 1. The molecule has 170 valence electrons. The summed E-state index contributed by atoms with van der Waals surface area (Å²) in [7, 11) is 0. The lowest BCUT2D eigenvalue weighted by Gasteiger charge is -2.27. The predicted octanol–water partition coefficient (Wildman–Crippen LogP) is 4.94. The minimum atomic E-state index is -0.125. The number of hydrogen-bond donors (Lipinski definition) is 2. The topological polar surface area (TPSA) is 104 Å². The molecule has 3 N–H and O–H groups in total. The molecule has 2 aromatic carbocycles. The third-order valence-corrected chi connectivity index (χ3v) is 6.96. The fraction of sp³-hybridized carbons (Fsp3) is 0.192. The van der Waals surface area contributed by atoms with Gasteiger partial charge in [0.05, 0.1) is 23.4 Å². The lowest BCUT2D eigenvalue weighted by molar-refractivity contribution is 0.0305. The highest BCUT2D eigenvalue weighted by atomic mass is 32.1. The van der Waals surface area contributed by atoms with Crippen molar-refractivity contribution in [2.75, 3.05) is 37.4 Å². The Kier molecular flexibility index (Phi) is 5.88. The van der Waals surface area contributed by atoms with E-state index in [0.717, 1.165) is 21.5 Å². The number of carbonyl (C=O) groups excluding carboxylic acids is 1. The van der Waals surface area contributed by atoms with Crippen LogP contribution in [0.25, 0.3) is 21.3 Å². The average Bonchev–Trinajstić information content (AvgIpc) is 3.22. The Morgan fingerprint density at radius 2 is 1.85 bits per heavy atom. The number of amides is 1. The zero-order chi connectivity index (χ0) is 23.7. The van der Waals surface area contributed by atoms with Gasteiger partial charge in [0.25, 0.3) is 5.91 Å². The summed E-state index contributed by atoms with van der Waals surface area (Å²) < 4.78 is 6.19. The van der Waals surface area contributed by atoms with Crippen LogP contribution in [0.15, 0.2) is 54.6 Å². The molecule has 0 radical (unpaired) electrons. The lowest BCUT2D eigenvalue weighted by atomic mass is 10.00. The first-order chi connectivity index (χ1) is 16.6. The van der Waals surface area contributed by atoms with Crippen LogP contribution in [0.1, 0.15) is 21.5 Å². The van der Waals surface area contributed by atoms with Crippen LogP contribution >= 0.6 is 11.3 Å². The second-order valence-corrected chi connectivity index (χ2v) is 9.13. The van der Waals surface area contributed by atoms with Crippen molar-refractivity contribution in [2.45, 2.75) is 6.92 Å². The molecule has 0 atom stereocenters. The van der Waals surface area contributed by atoms with Crippen molar-refractivity contribution >= 4 is 44.0 Å². The number of benzene rings is 2. The quantitative estimate of drug-likeness (QED) is 0.439. The zero-order valence-electron chi connectivity index (χ0n) is 18.7. The van der Waals surface area contributed by atoms with Crippen molar-refractivity contribution in [3.05, 3.63) is 71.3 Å². The maximum Gasteiger partial charge on any atom is 0.259 e. The third-order valence-electron chi connectivity index (χ3n) is 5.84. The number of hydrogen-bond acceptors (Lipinski definition) is 7. The van der Waals surface area contributed by atoms with E-state index < -0.39 is 0 Å². The number of nitrogen functional groups attached to an aromatic ring is 1. The van der Waals surface area contributed by atoms with E-state index in [-0.39, 0.29) is 11.7 Å². The Bertz CT molecular complexity index is 1400. The summed E-state index contributed by atoms with van der Waals surface area (Å²) in [5.41, 5.74) is 11.1. The molecule has 8 heteroatoms. The summed E-state index contributed by atoms with van der Waals surface area (Å²) in [4.78, 5) is 20.1. The molecule has 0 saturated carbocycles. The molecule has 0 bridgehead atoms. The number of aromatic nitrogens is 1. The molecule has 0 unspecified atom stereocenters. The number of rotatable bonds is 4. The van der Waals surface area contributed by atoms with E-state index in [9.17, 15) is 10.1 Å². The van der Waals surface area contributed by atoms with Crippen molar-refractivity contribution < 1.29 is 9.53 Å². The van der Waals surface area contributed by atoms with E-state index in [0.29, 0.717) is 53.5 Å². The second kappa shape index (κ2) is 9.14. The molecule has 0 spiro atoms. The molecule has 4 aromatic rings. The molecule has 1 aliphatic heterocycles. The fourth-order valence-electron chi connectivity index (χ4n) is 4.09. The number of carbonyl (C=O) groups is 1. The Hall–Kier alpha value is -3.93. The number of pyridine rings is 1. The first kappa shape index (κ1) is 21.9. The summed E-state index contributed by atoms with van der Waals surface area (Å²) in [6.07, 6.45) is 0. The van der Waals surface area contributed by atoms with Crippen LogP contribution in [0.5, 0.6) is 0 Å². The van der Waals surface area contributed by atoms with E-state index in [1.54, 1.807) is 4.90 Å². The SMILES string of the molecule is Cc1ccc(Nc2sc3c(-c4ccccc4)c(C#N)c(N)nc3c2C(=O)N2CCOCC2)cc1. The summed E-state index contributed by atoms with van der Waals surface area (Å²) in [5, 5.41) is 14.0. The number of nitriles is 1. The van der Waals surface area contributed by atoms with Crippen LogP contribution in [0.3, 0.4) is 0 Å². The van der Waals surface area contributed by atoms with Gasteiger partial charge in [-0.15, -0.1) is 11.3 Å². The van der Waals surface area contributed by atoms with Gasteiger partial charge in [-0.2, -0.15) is 5.26 Å². The molecular formula is C26H23N5O2S. The second-order valence-electron chi connectivity index (χ2n) is 8.10. The minimum absolute atomic E-state index is 0.115. The van der Waals surface area contributed by atoms with Gasteiger partial charge in [0.1, 0.15) is 28.0 Å². The van der Waals surface area contributed by atoms with Crippen molar-refractivity contribution in [2.24, 2.45) is 0 Å². The molecule has 2 aromatic heterocycles. The largest absolute Gasteiger partial charge is 0.383 e. The van der Waals surface area contributed by atoms with Gasteiger partial charge in [0.15, 0.2) is 0 Å². The number of thiophene rings is 1. The minimum Gasteiger partial charge on any atom is -0.383 e. The van der Waals surface area contributed by atoms with Crippen LogP contribution in [-0.4, -0.2) is 42.1 Å². The summed E-state index contributed by atoms with van der Waals surface area (Å²) >= 11 is 1.42. The molecule has 1 fully saturated rings. The Balaban J connectivity index is 1.76. The van der Waals surface area contributed by atoms with Crippen LogP contribution < -0.4 is 11.1 Å². The van der Waals surface area contributed by atoms with Gasteiger partial charge in [-0.1, -0.05) is 48.0 Å². The highest BCUT2D eigenvalue weighted by Gasteiger charge is 2.29. The first-order valence-corrected chi connectivity index (χ1v) is 11.8. The fourth-order valence-corrected chi connectivity index (χ4v) is 5.31. The molecular weight excluding hydrogens is 446 g/mol. The van der Waals surface area contributed by atoms with Crippen molar-refractivity contribution in [1.29, 1.82) is 5.26 Å². The molecule has 1 amide bonds. The molecule has 7 nitrogen and oxygen atoms in total. The first-order valence-electron chi connectivity index (χ1n) is 11.0. The van der Waals surface area contributed by atoms with Crippen LogP contribution in [0.2, 0.25) is 0 Å². The molecule has 1 aliphatic rings. The number of nitrogens with two attached hydrogens (primary N) is 1. The van der Waals surface area contributed by atoms with Crippen LogP contribution in [0.4, 0.5) is 16.5 Å². The van der Waals surface area contributed by atoms with E-state index >= 15 is 0 Å². The Morgan fingerprint density at radius 3 is 2.53 bits per heavy atom. The van der Waals surface area contributed by atoms with E-state index in [2.05, 4.69) is 16.4 Å². The number of fused-ring (bicyclic) bond motifs is 1. The normalized spacial score (nSPS) is 13.6. The molecule has 0 aliphatic carbocycles. The van der Waals surface area contributed by atoms with Gasteiger partial charge >= 0.3 is 0 Å². The molecule has 5 rings (SSSR count). The zero-order valence-corrected chi connectivity index (χ0v) is 19.5. The van der Waals surface area contributed by atoms with Gasteiger partial charge in [-0.05, 0) is 24.6 Å². The van der Waals surface area contributed by atoms with Crippen molar-refractivity contribution in [3.63, 3.8) is 0 Å². The van der Waals surface area contributed by atoms with Crippen LogP contribution in [-0.2, 0) is 4.74 Å². The number of anilines is 3.